The Morgan fingerprint density at radius 2 is 2.13 bits per heavy atom. The molecule has 2 nitrogen and oxygen atoms in total. The molecular formula is C12H21NOS. The molecule has 2 N–H and O–H groups in total. The van der Waals surface area contributed by atoms with E-state index in [0.717, 1.165) is 11.3 Å². The van der Waals surface area contributed by atoms with E-state index in [-0.39, 0.29) is 6.10 Å². The first-order valence-electron chi connectivity index (χ1n) is 5.52. The molecule has 0 radical (unpaired) electrons. The third kappa shape index (κ3) is 3.30. The molecular weight excluding hydrogens is 206 g/mol. The molecule has 0 saturated carbocycles. The SMILES string of the molecule is CCC(C)NCC(O)c1scc(C)c1C. The summed E-state index contributed by atoms with van der Waals surface area (Å²) in [5.41, 5.74) is 2.51. The molecule has 0 saturated heterocycles. The molecule has 0 aliphatic heterocycles. The smallest absolute Gasteiger partial charge is 0.101 e. The van der Waals surface area contributed by atoms with Crippen LogP contribution in [-0.4, -0.2) is 17.7 Å². The highest BCUT2D eigenvalue weighted by Crippen LogP contribution is 2.26. The highest BCUT2D eigenvalue weighted by atomic mass is 32.1. The second kappa shape index (κ2) is 5.64. The lowest BCUT2D eigenvalue weighted by Crippen LogP contribution is -2.29. The van der Waals surface area contributed by atoms with Crippen molar-refractivity contribution in [3.8, 4) is 0 Å². The lowest BCUT2D eigenvalue weighted by Gasteiger charge is -2.15. The number of rotatable bonds is 5. The minimum Gasteiger partial charge on any atom is -0.386 e. The maximum atomic E-state index is 10.0. The van der Waals surface area contributed by atoms with Gasteiger partial charge in [0.25, 0.3) is 0 Å². The Bertz CT molecular complexity index is 309. The van der Waals surface area contributed by atoms with Gasteiger partial charge < -0.3 is 10.4 Å². The van der Waals surface area contributed by atoms with E-state index in [1.54, 1.807) is 11.3 Å². The summed E-state index contributed by atoms with van der Waals surface area (Å²) in [6.45, 7) is 9.09. The van der Waals surface area contributed by atoms with Crippen molar-refractivity contribution in [3.05, 3.63) is 21.4 Å². The number of aliphatic hydroxyl groups excluding tert-OH is 1. The van der Waals surface area contributed by atoms with Gasteiger partial charge in [-0.3, -0.25) is 0 Å². The van der Waals surface area contributed by atoms with Crippen LogP contribution in [0.25, 0.3) is 0 Å². The van der Waals surface area contributed by atoms with Gasteiger partial charge in [-0.05, 0) is 43.7 Å². The monoisotopic (exact) mass is 227 g/mol. The highest BCUT2D eigenvalue weighted by molar-refractivity contribution is 7.10. The molecule has 3 heteroatoms. The van der Waals surface area contributed by atoms with Gasteiger partial charge in [-0.15, -0.1) is 11.3 Å². The fourth-order valence-electron chi connectivity index (χ4n) is 1.40. The minimum atomic E-state index is -0.363. The topological polar surface area (TPSA) is 32.3 Å². The summed E-state index contributed by atoms with van der Waals surface area (Å²) < 4.78 is 0. The van der Waals surface area contributed by atoms with Gasteiger partial charge in [-0.1, -0.05) is 6.92 Å². The molecule has 0 fully saturated rings. The van der Waals surface area contributed by atoms with E-state index in [0.29, 0.717) is 12.6 Å². The summed E-state index contributed by atoms with van der Waals surface area (Å²) in [6.07, 6.45) is 0.729. The van der Waals surface area contributed by atoms with Crippen LogP contribution in [0.5, 0.6) is 0 Å². The highest BCUT2D eigenvalue weighted by Gasteiger charge is 2.14. The lowest BCUT2D eigenvalue weighted by molar-refractivity contribution is 0.173. The molecule has 2 unspecified atom stereocenters. The second-order valence-corrected chi connectivity index (χ2v) is 5.05. The van der Waals surface area contributed by atoms with Crippen LogP contribution in [0.4, 0.5) is 0 Å². The molecule has 0 bridgehead atoms. The largest absolute Gasteiger partial charge is 0.386 e. The molecule has 2 atom stereocenters. The summed E-state index contributed by atoms with van der Waals surface area (Å²) >= 11 is 1.65. The van der Waals surface area contributed by atoms with E-state index in [9.17, 15) is 5.11 Å². The van der Waals surface area contributed by atoms with E-state index in [2.05, 4.69) is 38.4 Å². The summed E-state index contributed by atoms with van der Waals surface area (Å²) in [5.74, 6) is 0. The maximum absolute atomic E-state index is 10.0. The zero-order chi connectivity index (χ0) is 11.4. The summed E-state index contributed by atoms with van der Waals surface area (Å²) in [7, 11) is 0. The molecule has 0 amide bonds. The Morgan fingerprint density at radius 3 is 2.60 bits per heavy atom. The molecule has 0 spiro atoms. The summed E-state index contributed by atoms with van der Waals surface area (Å²) in [4.78, 5) is 1.10. The van der Waals surface area contributed by atoms with E-state index < -0.39 is 0 Å². The minimum absolute atomic E-state index is 0.363. The van der Waals surface area contributed by atoms with Crippen LogP contribution < -0.4 is 5.32 Å². The van der Waals surface area contributed by atoms with Gasteiger partial charge in [0.15, 0.2) is 0 Å². The molecule has 15 heavy (non-hydrogen) atoms. The first kappa shape index (κ1) is 12.7. The van der Waals surface area contributed by atoms with Crippen molar-refractivity contribution in [2.75, 3.05) is 6.54 Å². The van der Waals surface area contributed by atoms with Gasteiger partial charge in [-0.25, -0.2) is 0 Å². The lowest BCUT2D eigenvalue weighted by atomic mass is 10.1. The van der Waals surface area contributed by atoms with Crippen LogP contribution in [-0.2, 0) is 0 Å². The van der Waals surface area contributed by atoms with Gasteiger partial charge in [0.1, 0.15) is 6.10 Å². The van der Waals surface area contributed by atoms with E-state index in [1.807, 2.05) is 0 Å². The van der Waals surface area contributed by atoms with Gasteiger partial charge in [-0.2, -0.15) is 0 Å². The third-order valence-electron chi connectivity index (χ3n) is 2.90. The van der Waals surface area contributed by atoms with Gasteiger partial charge in [0.2, 0.25) is 0 Å². The van der Waals surface area contributed by atoms with Crippen LogP contribution in [0, 0.1) is 13.8 Å². The van der Waals surface area contributed by atoms with Crippen molar-refractivity contribution in [2.24, 2.45) is 0 Å². The molecule has 1 rings (SSSR count). The number of hydrogen-bond donors (Lipinski definition) is 2. The molecule has 1 heterocycles. The van der Waals surface area contributed by atoms with Crippen LogP contribution in [0.3, 0.4) is 0 Å². The quantitative estimate of drug-likeness (QED) is 0.810. The number of aryl methyl sites for hydroxylation is 1. The maximum Gasteiger partial charge on any atom is 0.101 e. The number of nitrogens with one attached hydrogen (secondary N) is 1. The molecule has 1 aromatic rings. The number of aliphatic hydroxyl groups is 1. The zero-order valence-corrected chi connectivity index (χ0v) is 10.8. The summed E-state index contributed by atoms with van der Waals surface area (Å²) in [6, 6.07) is 0.473. The van der Waals surface area contributed by atoms with Crippen molar-refractivity contribution in [1.82, 2.24) is 5.32 Å². The Kier molecular flexibility index (Phi) is 4.77. The van der Waals surface area contributed by atoms with Crippen LogP contribution in [0.2, 0.25) is 0 Å². The van der Waals surface area contributed by atoms with Gasteiger partial charge in [0.05, 0.1) is 0 Å². The predicted molar refractivity (Wildman–Crippen MR) is 66.5 cm³/mol. The zero-order valence-electron chi connectivity index (χ0n) is 10.0. The predicted octanol–water partition coefficient (Wildman–Crippen LogP) is 2.79. The van der Waals surface area contributed by atoms with Crippen molar-refractivity contribution in [1.29, 1.82) is 0 Å². The van der Waals surface area contributed by atoms with Crippen molar-refractivity contribution < 1.29 is 5.11 Å². The van der Waals surface area contributed by atoms with Crippen molar-refractivity contribution in [3.63, 3.8) is 0 Å². The average Bonchev–Trinajstić information content (AvgIpc) is 2.56. The Labute approximate surface area is 96.3 Å². The van der Waals surface area contributed by atoms with Crippen molar-refractivity contribution >= 4 is 11.3 Å². The molecule has 0 aliphatic rings. The Balaban J connectivity index is 2.54. The van der Waals surface area contributed by atoms with Crippen LogP contribution in [0.1, 0.15) is 42.4 Å². The number of thiophene rings is 1. The first-order valence-corrected chi connectivity index (χ1v) is 6.40. The summed E-state index contributed by atoms with van der Waals surface area (Å²) in [5, 5.41) is 15.4. The molecule has 86 valence electrons. The molecule has 1 aromatic heterocycles. The first-order chi connectivity index (χ1) is 7.06. The van der Waals surface area contributed by atoms with E-state index >= 15 is 0 Å². The van der Waals surface area contributed by atoms with Gasteiger partial charge in [0, 0.05) is 17.5 Å². The Morgan fingerprint density at radius 1 is 1.47 bits per heavy atom. The van der Waals surface area contributed by atoms with E-state index in [1.165, 1.54) is 11.1 Å². The van der Waals surface area contributed by atoms with Gasteiger partial charge >= 0.3 is 0 Å². The third-order valence-corrected chi connectivity index (χ3v) is 4.20. The standard InChI is InChI=1S/C12H21NOS/c1-5-9(3)13-6-11(14)12-10(4)8(2)7-15-12/h7,9,11,13-14H,5-6H2,1-4H3. The second-order valence-electron chi connectivity index (χ2n) is 4.14. The fourth-order valence-corrected chi connectivity index (χ4v) is 2.46. The fraction of sp³-hybridized carbons (Fsp3) is 0.667. The number of hydrogen-bond acceptors (Lipinski definition) is 3. The van der Waals surface area contributed by atoms with Crippen molar-refractivity contribution in [2.45, 2.75) is 46.3 Å². The van der Waals surface area contributed by atoms with E-state index in [4.69, 9.17) is 0 Å². The molecule has 0 aliphatic carbocycles. The Hall–Kier alpha value is -0.380. The van der Waals surface area contributed by atoms with Crippen LogP contribution >= 0.6 is 11.3 Å². The normalized spacial score (nSPS) is 15.3. The molecule has 0 aromatic carbocycles. The average molecular weight is 227 g/mol. The van der Waals surface area contributed by atoms with Crippen LogP contribution in [0.15, 0.2) is 5.38 Å².